The van der Waals surface area contributed by atoms with Crippen LogP contribution in [0.15, 0.2) is 79.1 Å². The van der Waals surface area contributed by atoms with Crippen molar-refractivity contribution in [1.82, 2.24) is 9.88 Å². The van der Waals surface area contributed by atoms with Crippen LogP contribution in [0.5, 0.6) is 0 Å². The molecule has 0 spiro atoms. The molecule has 2 heterocycles. The molecule has 1 aromatic heterocycles. The van der Waals surface area contributed by atoms with Gasteiger partial charge in [-0.05, 0) is 52.9 Å². The molecule has 0 aliphatic carbocycles. The quantitative estimate of drug-likeness (QED) is 0.716. The molecule has 1 aliphatic rings. The SMILES string of the molecule is Cl.NC[C@@H]1CN(Cc2cccc(-c3ccncc3)c2)C[C@H]1c1ccccc1. The van der Waals surface area contributed by atoms with Crippen molar-refractivity contribution in [2.45, 2.75) is 12.5 Å². The van der Waals surface area contributed by atoms with Crippen LogP contribution in [0, 0.1) is 5.92 Å². The molecule has 2 atom stereocenters. The Balaban J connectivity index is 0.00000210. The highest BCUT2D eigenvalue weighted by molar-refractivity contribution is 5.85. The van der Waals surface area contributed by atoms with E-state index in [1.807, 2.05) is 12.4 Å². The smallest absolute Gasteiger partial charge is 0.0273 e. The van der Waals surface area contributed by atoms with Crippen molar-refractivity contribution in [3.8, 4) is 11.1 Å². The first kappa shape index (κ1) is 19.6. The lowest BCUT2D eigenvalue weighted by atomic mass is 9.89. The van der Waals surface area contributed by atoms with E-state index in [1.165, 1.54) is 22.3 Å². The molecular formula is C23H26ClN3. The summed E-state index contributed by atoms with van der Waals surface area (Å²) in [5.74, 6) is 1.06. The minimum Gasteiger partial charge on any atom is -0.330 e. The van der Waals surface area contributed by atoms with Gasteiger partial charge in [0.25, 0.3) is 0 Å². The average Bonchev–Trinajstić information content (AvgIpc) is 3.12. The summed E-state index contributed by atoms with van der Waals surface area (Å²) in [6, 6.07) is 23.8. The first-order valence-corrected chi connectivity index (χ1v) is 9.30. The summed E-state index contributed by atoms with van der Waals surface area (Å²) in [4.78, 5) is 6.65. The van der Waals surface area contributed by atoms with Gasteiger partial charge >= 0.3 is 0 Å². The van der Waals surface area contributed by atoms with E-state index in [-0.39, 0.29) is 12.4 Å². The molecule has 0 unspecified atom stereocenters. The van der Waals surface area contributed by atoms with E-state index in [4.69, 9.17) is 5.73 Å². The molecule has 140 valence electrons. The van der Waals surface area contributed by atoms with Crippen LogP contribution in [0.2, 0.25) is 0 Å². The Labute approximate surface area is 167 Å². The molecule has 1 fully saturated rings. The number of benzene rings is 2. The Morgan fingerprint density at radius 1 is 0.889 bits per heavy atom. The largest absolute Gasteiger partial charge is 0.330 e. The lowest BCUT2D eigenvalue weighted by molar-refractivity contribution is 0.317. The summed E-state index contributed by atoms with van der Waals surface area (Å²) in [7, 11) is 0. The molecule has 2 N–H and O–H groups in total. The second-order valence-corrected chi connectivity index (χ2v) is 7.14. The van der Waals surface area contributed by atoms with Gasteiger partial charge in [-0.15, -0.1) is 12.4 Å². The predicted octanol–water partition coefficient (Wildman–Crippen LogP) is 4.34. The highest BCUT2D eigenvalue weighted by Crippen LogP contribution is 2.33. The molecule has 4 heteroatoms. The van der Waals surface area contributed by atoms with E-state index in [0.717, 1.165) is 26.2 Å². The second-order valence-electron chi connectivity index (χ2n) is 7.14. The van der Waals surface area contributed by atoms with E-state index in [1.54, 1.807) is 0 Å². The predicted molar refractivity (Wildman–Crippen MR) is 114 cm³/mol. The van der Waals surface area contributed by atoms with Gasteiger partial charge in [0.1, 0.15) is 0 Å². The van der Waals surface area contributed by atoms with Gasteiger partial charge in [-0.25, -0.2) is 0 Å². The summed E-state index contributed by atoms with van der Waals surface area (Å²) in [6.45, 7) is 3.85. The van der Waals surface area contributed by atoms with Crippen molar-refractivity contribution in [2.24, 2.45) is 11.7 Å². The number of pyridine rings is 1. The molecule has 1 saturated heterocycles. The van der Waals surface area contributed by atoms with Crippen LogP contribution in [-0.2, 0) is 6.54 Å². The summed E-state index contributed by atoms with van der Waals surface area (Å²) < 4.78 is 0. The number of hydrogen-bond donors (Lipinski definition) is 1. The number of nitrogens with two attached hydrogens (primary N) is 1. The topological polar surface area (TPSA) is 42.1 Å². The molecule has 27 heavy (non-hydrogen) atoms. The van der Waals surface area contributed by atoms with Gasteiger partial charge in [-0.3, -0.25) is 9.88 Å². The van der Waals surface area contributed by atoms with Crippen molar-refractivity contribution in [1.29, 1.82) is 0 Å². The fraction of sp³-hybridized carbons (Fsp3) is 0.261. The Morgan fingerprint density at radius 3 is 2.41 bits per heavy atom. The summed E-state index contributed by atoms with van der Waals surface area (Å²) >= 11 is 0. The number of nitrogens with zero attached hydrogens (tertiary/aromatic N) is 2. The second kappa shape index (κ2) is 9.14. The maximum Gasteiger partial charge on any atom is 0.0273 e. The molecule has 4 rings (SSSR count). The number of hydrogen-bond acceptors (Lipinski definition) is 3. The number of aromatic nitrogens is 1. The van der Waals surface area contributed by atoms with E-state index in [0.29, 0.717) is 11.8 Å². The number of likely N-dealkylation sites (tertiary alicyclic amines) is 1. The molecule has 0 amide bonds. The molecule has 0 bridgehead atoms. The minimum absolute atomic E-state index is 0. The van der Waals surface area contributed by atoms with Gasteiger partial charge in [-0.1, -0.05) is 48.5 Å². The third kappa shape index (κ3) is 4.56. The van der Waals surface area contributed by atoms with Crippen LogP contribution >= 0.6 is 12.4 Å². The summed E-state index contributed by atoms with van der Waals surface area (Å²) in [5.41, 5.74) is 11.3. The molecule has 0 radical (unpaired) electrons. The van der Waals surface area contributed by atoms with Crippen molar-refractivity contribution >= 4 is 12.4 Å². The van der Waals surface area contributed by atoms with Crippen LogP contribution in [0.1, 0.15) is 17.0 Å². The van der Waals surface area contributed by atoms with Gasteiger partial charge < -0.3 is 5.73 Å². The van der Waals surface area contributed by atoms with Crippen LogP contribution in [0.3, 0.4) is 0 Å². The maximum atomic E-state index is 6.08. The zero-order valence-electron chi connectivity index (χ0n) is 15.4. The van der Waals surface area contributed by atoms with E-state index in [2.05, 4.69) is 76.6 Å². The Bertz CT molecular complexity index is 839. The fourth-order valence-corrected chi connectivity index (χ4v) is 4.06. The average molecular weight is 380 g/mol. The molecule has 3 nitrogen and oxygen atoms in total. The first-order valence-electron chi connectivity index (χ1n) is 9.30. The third-order valence-corrected chi connectivity index (χ3v) is 5.39. The Morgan fingerprint density at radius 2 is 1.67 bits per heavy atom. The van der Waals surface area contributed by atoms with Gasteiger partial charge in [0.2, 0.25) is 0 Å². The lowest BCUT2D eigenvalue weighted by Gasteiger charge is -2.17. The van der Waals surface area contributed by atoms with Crippen LogP contribution in [0.4, 0.5) is 0 Å². The van der Waals surface area contributed by atoms with Crippen molar-refractivity contribution in [2.75, 3.05) is 19.6 Å². The Hall–Kier alpha value is -2.20. The van der Waals surface area contributed by atoms with Gasteiger partial charge in [0.05, 0.1) is 0 Å². The summed E-state index contributed by atoms with van der Waals surface area (Å²) in [5, 5.41) is 0. The highest BCUT2D eigenvalue weighted by atomic mass is 35.5. The van der Waals surface area contributed by atoms with Crippen molar-refractivity contribution in [3.05, 3.63) is 90.3 Å². The van der Waals surface area contributed by atoms with E-state index < -0.39 is 0 Å². The van der Waals surface area contributed by atoms with Gasteiger partial charge in [-0.2, -0.15) is 0 Å². The number of halogens is 1. The van der Waals surface area contributed by atoms with Gasteiger partial charge in [0, 0.05) is 37.9 Å². The lowest BCUT2D eigenvalue weighted by Crippen LogP contribution is -2.23. The normalized spacial score (nSPS) is 19.6. The monoisotopic (exact) mass is 379 g/mol. The van der Waals surface area contributed by atoms with Crippen LogP contribution in [-0.4, -0.2) is 29.5 Å². The van der Waals surface area contributed by atoms with Crippen molar-refractivity contribution < 1.29 is 0 Å². The zero-order valence-corrected chi connectivity index (χ0v) is 16.2. The van der Waals surface area contributed by atoms with E-state index in [9.17, 15) is 0 Å². The molecule has 2 aromatic carbocycles. The zero-order chi connectivity index (χ0) is 17.8. The van der Waals surface area contributed by atoms with Crippen LogP contribution in [0.25, 0.3) is 11.1 Å². The number of rotatable bonds is 5. The molecule has 1 aliphatic heterocycles. The highest BCUT2D eigenvalue weighted by Gasteiger charge is 2.32. The van der Waals surface area contributed by atoms with E-state index >= 15 is 0 Å². The fourth-order valence-electron chi connectivity index (χ4n) is 4.06. The van der Waals surface area contributed by atoms with Gasteiger partial charge in [0.15, 0.2) is 0 Å². The molecule has 3 aromatic rings. The first-order chi connectivity index (χ1) is 12.8. The summed E-state index contributed by atoms with van der Waals surface area (Å²) in [6.07, 6.45) is 3.69. The molecular weight excluding hydrogens is 354 g/mol. The van der Waals surface area contributed by atoms with Crippen LogP contribution < -0.4 is 5.73 Å². The molecule has 0 saturated carbocycles. The van der Waals surface area contributed by atoms with Crippen molar-refractivity contribution in [3.63, 3.8) is 0 Å². The Kier molecular flexibility index (Phi) is 6.62. The maximum absolute atomic E-state index is 6.08. The standard InChI is InChI=1S/C23H25N3.ClH/c24-14-22-16-26(17-23(22)20-6-2-1-3-7-20)15-18-5-4-8-21(13-18)19-9-11-25-12-10-19;/h1-13,22-23H,14-17,24H2;1H/t22-,23+;/m1./s1. The third-order valence-electron chi connectivity index (χ3n) is 5.39. The minimum atomic E-state index is 0.